The number of carbonyl (C=O) groups excluding carboxylic acids is 3. The Hall–Kier alpha value is -2.20. The van der Waals surface area contributed by atoms with Crippen molar-refractivity contribution >= 4 is 28.0 Å². The van der Waals surface area contributed by atoms with Crippen LogP contribution in [0, 0.1) is 5.41 Å². The smallest absolute Gasteiger partial charge is 0.333 e. The second kappa shape index (κ2) is 12.4. The van der Waals surface area contributed by atoms with Crippen molar-refractivity contribution in [3.8, 4) is 0 Å². The number of hydrogen-bond donors (Lipinski definition) is 1. The zero-order chi connectivity index (χ0) is 22.7. The van der Waals surface area contributed by atoms with Gasteiger partial charge in [0.1, 0.15) is 18.6 Å². The third kappa shape index (κ3) is 12.1. The molecule has 0 fully saturated rings. The van der Waals surface area contributed by atoms with Crippen molar-refractivity contribution in [2.24, 2.45) is 5.41 Å². The van der Waals surface area contributed by atoms with Crippen LogP contribution in [0.4, 0.5) is 0 Å². The summed E-state index contributed by atoms with van der Waals surface area (Å²) in [6.45, 7) is 10.6. The molecular weight excluding hydrogens is 404 g/mol. The highest BCUT2D eigenvalue weighted by atomic mass is 32.2. The molecule has 0 atom stereocenters. The Morgan fingerprint density at radius 2 is 1.31 bits per heavy atom. The fourth-order valence-corrected chi connectivity index (χ4v) is 2.50. The van der Waals surface area contributed by atoms with E-state index in [1.807, 2.05) is 0 Å². The minimum Gasteiger partial charge on any atom is -0.465 e. The second-order valence-corrected chi connectivity index (χ2v) is 8.68. The molecule has 0 saturated carbocycles. The monoisotopic (exact) mass is 434 g/mol. The molecule has 0 amide bonds. The number of rotatable bonds is 14. The molecule has 0 aliphatic heterocycles. The van der Waals surface area contributed by atoms with Crippen LogP contribution in [0.15, 0.2) is 24.3 Å². The van der Waals surface area contributed by atoms with Crippen LogP contribution >= 0.6 is 0 Å². The van der Waals surface area contributed by atoms with Gasteiger partial charge in [-0.05, 0) is 33.6 Å². The molecule has 10 heteroatoms. The van der Waals surface area contributed by atoms with E-state index in [1.54, 1.807) is 0 Å². The van der Waals surface area contributed by atoms with Gasteiger partial charge in [-0.15, -0.1) is 0 Å². The lowest BCUT2D eigenvalue weighted by molar-refractivity contribution is -0.168. The minimum atomic E-state index is -3.97. The lowest BCUT2D eigenvalue weighted by Gasteiger charge is -2.26. The Morgan fingerprint density at radius 3 is 1.72 bits per heavy atom. The van der Waals surface area contributed by atoms with Gasteiger partial charge in [-0.1, -0.05) is 26.0 Å². The molecule has 0 aromatic heterocycles. The molecule has 0 heterocycles. The predicted molar refractivity (Wildman–Crippen MR) is 105 cm³/mol. The predicted octanol–water partition coefficient (Wildman–Crippen LogP) is 2.22. The second-order valence-electron chi connectivity index (χ2n) is 7.11. The Morgan fingerprint density at radius 1 is 0.862 bits per heavy atom. The number of esters is 3. The maximum Gasteiger partial charge on any atom is 0.333 e. The first-order chi connectivity index (χ1) is 13.3. The molecule has 0 bridgehead atoms. The van der Waals surface area contributed by atoms with Gasteiger partial charge in [0, 0.05) is 11.1 Å². The SMILES string of the molecule is C=C(C)C(=O)OCC(C)(COC(=O)C(=C)C)C(=O)OCCCCCCS(=O)(=O)O. The van der Waals surface area contributed by atoms with Crippen molar-refractivity contribution in [1.82, 2.24) is 0 Å². The van der Waals surface area contributed by atoms with E-state index in [0.29, 0.717) is 25.7 Å². The van der Waals surface area contributed by atoms with E-state index in [0.717, 1.165) is 0 Å². The first-order valence-electron chi connectivity index (χ1n) is 9.06. The van der Waals surface area contributed by atoms with Crippen LogP contribution in [0.1, 0.15) is 46.5 Å². The maximum absolute atomic E-state index is 12.5. The molecular formula is C19H30O9S. The average molecular weight is 435 g/mol. The molecule has 29 heavy (non-hydrogen) atoms. The van der Waals surface area contributed by atoms with Gasteiger partial charge in [0.15, 0.2) is 0 Å². The highest BCUT2D eigenvalue weighted by Gasteiger charge is 2.38. The maximum atomic E-state index is 12.5. The molecule has 1 N–H and O–H groups in total. The van der Waals surface area contributed by atoms with Gasteiger partial charge in [0.05, 0.1) is 12.4 Å². The van der Waals surface area contributed by atoms with E-state index < -0.39 is 33.4 Å². The fraction of sp³-hybridized carbons (Fsp3) is 0.632. The average Bonchev–Trinajstić information content (AvgIpc) is 2.61. The Bertz CT molecular complexity index is 692. The van der Waals surface area contributed by atoms with E-state index in [1.165, 1.54) is 20.8 Å². The Labute approximate surface area is 171 Å². The molecule has 0 rings (SSSR count). The number of carbonyl (C=O) groups is 3. The number of hydrogen-bond acceptors (Lipinski definition) is 8. The quantitative estimate of drug-likeness (QED) is 0.144. The van der Waals surface area contributed by atoms with Crippen LogP contribution in [0.5, 0.6) is 0 Å². The van der Waals surface area contributed by atoms with E-state index in [-0.39, 0.29) is 36.7 Å². The summed E-state index contributed by atoms with van der Waals surface area (Å²) in [5.41, 5.74) is -1.10. The molecule has 0 unspecified atom stereocenters. The lowest BCUT2D eigenvalue weighted by Crippen LogP contribution is -2.40. The van der Waals surface area contributed by atoms with Crippen LogP contribution in [0.3, 0.4) is 0 Å². The summed E-state index contributed by atoms with van der Waals surface area (Å²) < 4.78 is 45.2. The molecule has 0 radical (unpaired) electrons. The highest BCUT2D eigenvalue weighted by Crippen LogP contribution is 2.22. The van der Waals surface area contributed by atoms with Gasteiger partial charge in [0.25, 0.3) is 10.1 Å². The van der Waals surface area contributed by atoms with Crippen LogP contribution in [-0.2, 0) is 38.7 Å². The topological polar surface area (TPSA) is 133 Å². The van der Waals surface area contributed by atoms with Crippen LogP contribution < -0.4 is 0 Å². The number of ether oxygens (including phenoxy) is 3. The third-order valence-corrected chi connectivity index (χ3v) is 4.57. The summed E-state index contributed by atoms with van der Waals surface area (Å²) in [5.74, 6) is -2.39. The van der Waals surface area contributed by atoms with Crippen molar-refractivity contribution in [3.05, 3.63) is 24.3 Å². The summed E-state index contributed by atoms with van der Waals surface area (Å²) in [6.07, 6.45) is 1.92. The number of unbranched alkanes of at least 4 members (excludes halogenated alkanes) is 3. The van der Waals surface area contributed by atoms with Crippen molar-refractivity contribution in [3.63, 3.8) is 0 Å². The third-order valence-electron chi connectivity index (χ3n) is 3.76. The summed E-state index contributed by atoms with van der Waals surface area (Å²) in [7, 11) is -3.97. The van der Waals surface area contributed by atoms with Gasteiger partial charge in [-0.2, -0.15) is 8.42 Å². The summed E-state index contributed by atoms with van der Waals surface area (Å²) in [4.78, 5) is 35.8. The molecule has 9 nitrogen and oxygen atoms in total. The summed E-state index contributed by atoms with van der Waals surface area (Å²) >= 11 is 0. The minimum absolute atomic E-state index is 0.0587. The Kier molecular flexibility index (Phi) is 11.4. The van der Waals surface area contributed by atoms with Crippen LogP contribution in [0.25, 0.3) is 0 Å². The zero-order valence-electron chi connectivity index (χ0n) is 17.2. The first kappa shape index (κ1) is 26.8. The molecule has 0 aliphatic carbocycles. The van der Waals surface area contributed by atoms with Crippen molar-refractivity contribution < 1.29 is 41.6 Å². The van der Waals surface area contributed by atoms with E-state index in [2.05, 4.69) is 13.2 Å². The fourth-order valence-electron chi connectivity index (χ4n) is 1.93. The van der Waals surface area contributed by atoms with E-state index in [9.17, 15) is 22.8 Å². The lowest BCUT2D eigenvalue weighted by atomic mass is 9.93. The Balaban J connectivity index is 4.66. The van der Waals surface area contributed by atoms with E-state index >= 15 is 0 Å². The van der Waals surface area contributed by atoms with Gasteiger partial charge in [-0.25, -0.2) is 9.59 Å². The van der Waals surface area contributed by atoms with Gasteiger partial charge in [-0.3, -0.25) is 9.35 Å². The summed E-state index contributed by atoms with van der Waals surface area (Å²) in [5, 5.41) is 0. The molecule has 0 spiro atoms. The van der Waals surface area contributed by atoms with Crippen molar-refractivity contribution in [1.29, 1.82) is 0 Å². The van der Waals surface area contributed by atoms with Crippen molar-refractivity contribution in [2.45, 2.75) is 46.5 Å². The van der Waals surface area contributed by atoms with Crippen LogP contribution in [0.2, 0.25) is 0 Å². The summed E-state index contributed by atoms with van der Waals surface area (Å²) in [6, 6.07) is 0. The van der Waals surface area contributed by atoms with Gasteiger partial charge in [0.2, 0.25) is 0 Å². The first-order valence-corrected chi connectivity index (χ1v) is 10.7. The van der Waals surface area contributed by atoms with Gasteiger partial charge >= 0.3 is 17.9 Å². The van der Waals surface area contributed by atoms with Crippen LogP contribution in [-0.4, -0.2) is 56.5 Å². The van der Waals surface area contributed by atoms with Gasteiger partial charge < -0.3 is 14.2 Å². The standard InChI is InChI=1S/C19H30O9S/c1-14(2)16(20)27-12-19(5,13-28-17(21)15(3)4)18(22)26-10-8-6-7-9-11-29(23,24)25/h1,3,6-13H2,2,4-5H3,(H,23,24,25). The highest BCUT2D eigenvalue weighted by molar-refractivity contribution is 7.85. The molecule has 0 aromatic rings. The normalized spacial score (nSPS) is 11.4. The van der Waals surface area contributed by atoms with Crippen molar-refractivity contribution in [2.75, 3.05) is 25.6 Å². The molecule has 0 saturated heterocycles. The molecule has 0 aromatic carbocycles. The van der Waals surface area contributed by atoms with E-state index in [4.69, 9.17) is 18.8 Å². The zero-order valence-corrected chi connectivity index (χ0v) is 18.0. The largest absolute Gasteiger partial charge is 0.465 e. The molecule has 166 valence electrons. The molecule has 0 aliphatic rings.